The number of rotatable bonds is 2. The molecule has 2 heterocycles. The number of carbonyl (C=O) groups is 1. The van der Waals surface area contributed by atoms with Crippen LogP contribution in [0.3, 0.4) is 0 Å². The van der Waals surface area contributed by atoms with E-state index in [9.17, 15) is 4.79 Å². The third kappa shape index (κ3) is 2.94. The van der Waals surface area contributed by atoms with Crippen molar-refractivity contribution in [3.8, 4) is 5.75 Å². The Morgan fingerprint density at radius 3 is 2.86 bits per heavy atom. The van der Waals surface area contributed by atoms with Crippen molar-refractivity contribution in [2.45, 2.75) is 13.8 Å². The molecule has 1 amide bonds. The molecule has 0 fully saturated rings. The number of anilines is 1. The van der Waals surface area contributed by atoms with Gasteiger partial charge in [0.2, 0.25) is 0 Å². The fourth-order valence-corrected chi connectivity index (χ4v) is 2.35. The molecule has 0 saturated carbocycles. The molecule has 1 aliphatic rings. The summed E-state index contributed by atoms with van der Waals surface area (Å²) in [6.45, 7) is 4.15. The van der Waals surface area contributed by atoms with Crippen molar-refractivity contribution in [1.29, 1.82) is 0 Å². The van der Waals surface area contributed by atoms with Gasteiger partial charge >= 0.3 is 0 Å². The van der Waals surface area contributed by atoms with Gasteiger partial charge in [-0.2, -0.15) is 0 Å². The zero-order chi connectivity index (χ0) is 14.8. The fourth-order valence-electron chi connectivity index (χ4n) is 2.35. The maximum atomic E-state index is 12.3. The summed E-state index contributed by atoms with van der Waals surface area (Å²) in [6.07, 6.45) is 1.86. The van der Waals surface area contributed by atoms with E-state index in [2.05, 4.69) is 10.3 Å². The Morgan fingerprint density at radius 2 is 2.05 bits per heavy atom. The number of nitrogens with zero attached hydrogens (tertiary/aromatic N) is 1. The zero-order valence-electron chi connectivity index (χ0n) is 12.0. The molecule has 1 N–H and O–H groups in total. The van der Waals surface area contributed by atoms with Gasteiger partial charge in [0.15, 0.2) is 0 Å². The van der Waals surface area contributed by atoms with Crippen LogP contribution in [-0.2, 0) is 4.79 Å². The molecule has 2 aromatic rings. The number of hydrogen-bond acceptors (Lipinski definition) is 3. The normalized spacial score (nSPS) is 13.0. The maximum Gasteiger partial charge on any atom is 0.256 e. The number of fused-ring (bicyclic) bond motifs is 1. The summed E-state index contributed by atoms with van der Waals surface area (Å²) >= 11 is 0. The van der Waals surface area contributed by atoms with E-state index >= 15 is 0 Å². The quantitative estimate of drug-likeness (QED) is 0.919. The minimum absolute atomic E-state index is 0.179. The Morgan fingerprint density at radius 1 is 1.24 bits per heavy atom. The third-order valence-corrected chi connectivity index (χ3v) is 3.26. The lowest BCUT2D eigenvalue weighted by Gasteiger charge is -2.17. The second kappa shape index (κ2) is 5.40. The van der Waals surface area contributed by atoms with Gasteiger partial charge in [0.25, 0.3) is 5.91 Å². The number of pyridine rings is 1. The lowest BCUT2D eigenvalue weighted by Crippen LogP contribution is -2.21. The predicted octanol–water partition coefficient (Wildman–Crippen LogP) is 3.11. The number of nitrogens with one attached hydrogen (secondary N) is 1. The zero-order valence-corrected chi connectivity index (χ0v) is 12.0. The lowest BCUT2D eigenvalue weighted by atomic mass is 10.1. The van der Waals surface area contributed by atoms with E-state index in [0.29, 0.717) is 11.4 Å². The second-order valence-corrected chi connectivity index (χ2v) is 5.12. The van der Waals surface area contributed by atoms with Crippen LogP contribution in [0, 0.1) is 13.8 Å². The van der Waals surface area contributed by atoms with E-state index < -0.39 is 0 Å². The molecular weight excluding hydrogens is 264 g/mol. The summed E-state index contributed by atoms with van der Waals surface area (Å²) in [5, 5.41) is 2.83. The second-order valence-electron chi connectivity index (χ2n) is 5.12. The summed E-state index contributed by atoms with van der Waals surface area (Å²) in [5.74, 6) is 1.19. The molecule has 0 aliphatic carbocycles. The van der Waals surface area contributed by atoms with Crippen LogP contribution in [0.4, 0.5) is 5.82 Å². The summed E-state index contributed by atoms with van der Waals surface area (Å²) in [7, 11) is 0. The Balaban J connectivity index is 1.82. The van der Waals surface area contributed by atoms with Crippen molar-refractivity contribution in [1.82, 2.24) is 4.98 Å². The van der Waals surface area contributed by atoms with E-state index in [1.54, 1.807) is 0 Å². The molecule has 1 aromatic heterocycles. The molecule has 0 radical (unpaired) electrons. The number of hydrogen-bond donors (Lipinski definition) is 1. The Kier molecular flexibility index (Phi) is 3.44. The van der Waals surface area contributed by atoms with Crippen LogP contribution in [0.1, 0.15) is 16.8 Å². The van der Waals surface area contributed by atoms with Gasteiger partial charge in [0.05, 0.1) is 5.57 Å². The van der Waals surface area contributed by atoms with Crippen LogP contribution in [0.25, 0.3) is 6.08 Å². The van der Waals surface area contributed by atoms with E-state index in [4.69, 9.17) is 4.74 Å². The highest BCUT2D eigenvalue weighted by Gasteiger charge is 2.17. The molecule has 106 valence electrons. The molecule has 0 bridgehead atoms. The summed E-state index contributed by atoms with van der Waals surface area (Å²) in [5.41, 5.74) is 3.46. The third-order valence-electron chi connectivity index (χ3n) is 3.26. The molecule has 4 heteroatoms. The molecule has 21 heavy (non-hydrogen) atoms. The first-order valence-corrected chi connectivity index (χ1v) is 6.81. The molecule has 0 spiro atoms. The highest BCUT2D eigenvalue weighted by atomic mass is 16.5. The number of aryl methyl sites for hydroxylation is 2. The van der Waals surface area contributed by atoms with Gasteiger partial charge in [0, 0.05) is 11.3 Å². The molecule has 1 aromatic carbocycles. The van der Waals surface area contributed by atoms with Crippen molar-refractivity contribution in [2.75, 3.05) is 11.9 Å². The SMILES string of the molecule is Cc1cc(C)nc(NC(=O)C2=Cc3ccccc3OC2)c1. The fraction of sp³-hybridized carbons (Fsp3) is 0.176. The molecular formula is C17H16N2O2. The molecule has 0 saturated heterocycles. The van der Waals surface area contributed by atoms with Crippen LogP contribution in [0.2, 0.25) is 0 Å². The van der Waals surface area contributed by atoms with Crippen molar-refractivity contribution in [3.63, 3.8) is 0 Å². The Bertz CT molecular complexity index is 715. The van der Waals surface area contributed by atoms with Crippen molar-refractivity contribution >= 4 is 17.8 Å². The predicted molar refractivity (Wildman–Crippen MR) is 82.3 cm³/mol. The lowest BCUT2D eigenvalue weighted by molar-refractivity contribution is -0.113. The van der Waals surface area contributed by atoms with E-state index in [-0.39, 0.29) is 12.5 Å². The van der Waals surface area contributed by atoms with Crippen LogP contribution in [-0.4, -0.2) is 17.5 Å². The van der Waals surface area contributed by atoms with Gasteiger partial charge in [0.1, 0.15) is 18.2 Å². The van der Waals surface area contributed by atoms with Gasteiger partial charge in [-0.15, -0.1) is 0 Å². The molecule has 0 unspecified atom stereocenters. The summed E-state index contributed by atoms with van der Waals surface area (Å²) in [4.78, 5) is 16.6. The van der Waals surface area contributed by atoms with Gasteiger partial charge in [-0.25, -0.2) is 4.98 Å². The number of para-hydroxylation sites is 1. The molecule has 0 atom stereocenters. The number of ether oxygens (including phenoxy) is 1. The molecule has 3 rings (SSSR count). The minimum Gasteiger partial charge on any atom is -0.488 e. The largest absolute Gasteiger partial charge is 0.488 e. The van der Waals surface area contributed by atoms with Crippen LogP contribution < -0.4 is 10.1 Å². The summed E-state index contributed by atoms with van der Waals surface area (Å²) < 4.78 is 5.59. The van der Waals surface area contributed by atoms with Gasteiger partial charge in [-0.3, -0.25) is 4.79 Å². The van der Waals surface area contributed by atoms with Crippen molar-refractivity contribution in [3.05, 3.63) is 58.8 Å². The monoisotopic (exact) mass is 280 g/mol. The van der Waals surface area contributed by atoms with E-state index in [1.165, 1.54) is 0 Å². The van der Waals surface area contributed by atoms with Crippen LogP contribution >= 0.6 is 0 Å². The smallest absolute Gasteiger partial charge is 0.256 e. The number of benzene rings is 1. The number of carbonyl (C=O) groups excluding carboxylic acids is 1. The highest BCUT2D eigenvalue weighted by Crippen LogP contribution is 2.26. The average Bonchev–Trinajstić information content (AvgIpc) is 2.45. The standard InChI is InChI=1S/C17H16N2O2/c1-11-7-12(2)18-16(8-11)19-17(20)14-9-13-5-3-4-6-15(13)21-10-14/h3-9H,10H2,1-2H3,(H,18,19,20). The van der Waals surface area contributed by atoms with Crippen LogP contribution in [0.15, 0.2) is 42.0 Å². The summed E-state index contributed by atoms with van der Waals surface area (Å²) in [6, 6.07) is 11.5. The number of aromatic nitrogens is 1. The van der Waals surface area contributed by atoms with Gasteiger partial charge in [-0.05, 0) is 43.7 Å². The Labute approximate surface area is 123 Å². The number of amides is 1. The van der Waals surface area contributed by atoms with Crippen molar-refractivity contribution in [2.24, 2.45) is 0 Å². The maximum absolute atomic E-state index is 12.3. The van der Waals surface area contributed by atoms with Crippen molar-refractivity contribution < 1.29 is 9.53 Å². The van der Waals surface area contributed by atoms with Gasteiger partial charge in [-0.1, -0.05) is 18.2 Å². The minimum atomic E-state index is -0.179. The first-order chi connectivity index (χ1) is 10.1. The highest BCUT2D eigenvalue weighted by molar-refractivity contribution is 6.07. The molecule has 4 nitrogen and oxygen atoms in total. The topological polar surface area (TPSA) is 51.2 Å². The molecule has 1 aliphatic heterocycles. The average molecular weight is 280 g/mol. The van der Waals surface area contributed by atoms with Gasteiger partial charge < -0.3 is 10.1 Å². The van der Waals surface area contributed by atoms with E-state index in [1.807, 2.05) is 56.3 Å². The first-order valence-electron chi connectivity index (χ1n) is 6.81. The Hall–Kier alpha value is -2.62. The van der Waals surface area contributed by atoms with E-state index in [0.717, 1.165) is 22.6 Å². The first kappa shape index (κ1) is 13.4. The van der Waals surface area contributed by atoms with Crippen LogP contribution in [0.5, 0.6) is 5.75 Å².